The van der Waals surface area contributed by atoms with Gasteiger partial charge in [-0.1, -0.05) is 31.2 Å². The van der Waals surface area contributed by atoms with Crippen LogP contribution in [0.2, 0.25) is 0 Å². The fourth-order valence-electron chi connectivity index (χ4n) is 1.85. The largest absolute Gasteiger partial charge is 0.481 e. The number of hydrogen-bond donors (Lipinski definition) is 2. The molecule has 0 radical (unpaired) electrons. The highest BCUT2D eigenvalue weighted by atomic mass is 16.4. The standard InChI is InChI=1S/C14H20N2O3/c1-3-16(10-13(17)15-2)9-12-7-5-4-6-11(12)8-14(18)19/h4-7H,3,8-10H2,1-2H3,(H,15,17)(H,18,19). The predicted octanol–water partition coefficient (Wildman–Crippen LogP) is 0.882. The van der Waals surface area contributed by atoms with Gasteiger partial charge < -0.3 is 10.4 Å². The smallest absolute Gasteiger partial charge is 0.307 e. The molecule has 0 saturated carbocycles. The maximum absolute atomic E-state index is 11.4. The summed E-state index contributed by atoms with van der Waals surface area (Å²) in [6.45, 7) is 3.60. The molecule has 0 bridgehead atoms. The number of nitrogens with one attached hydrogen (secondary N) is 1. The van der Waals surface area contributed by atoms with E-state index in [0.29, 0.717) is 13.1 Å². The number of hydrogen-bond acceptors (Lipinski definition) is 3. The molecular weight excluding hydrogens is 244 g/mol. The Bertz CT molecular complexity index is 446. The van der Waals surface area contributed by atoms with Crippen LogP contribution >= 0.6 is 0 Å². The molecule has 0 fully saturated rings. The van der Waals surface area contributed by atoms with Crippen LogP contribution in [0.15, 0.2) is 24.3 Å². The molecule has 0 aromatic heterocycles. The maximum Gasteiger partial charge on any atom is 0.307 e. The van der Waals surface area contributed by atoms with Gasteiger partial charge in [-0.3, -0.25) is 14.5 Å². The van der Waals surface area contributed by atoms with E-state index >= 15 is 0 Å². The summed E-state index contributed by atoms with van der Waals surface area (Å²) in [5.74, 6) is -0.889. The Labute approximate surface area is 113 Å². The van der Waals surface area contributed by atoms with E-state index in [-0.39, 0.29) is 12.3 Å². The van der Waals surface area contributed by atoms with Crippen molar-refractivity contribution in [2.24, 2.45) is 0 Å². The van der Waals surface area contributed by atoms with Gasteiger partial charge in [0, 0.05) is 13.6 Å². The number of nitrogens with zero attached hydrogens (tertiary/aromatic N) is 1. The average molecular weight is 264 g/mol. The van der Waals surface area contributed by atoms with Crippen LogP contribution in [-0.2, 0) is 22.6 Å². The topological polar surface area (TPSA) is 69.6 Å². The van der Waals surface area contributed by atoms with Crippen molar-refractivity contribution in [1.29, 1.82) is 0 Å². The molecular formula is C14H20N2O3. The van der Waals surface area contributed by atoms with Gasteiger partial charge >= 0.3 is 5.97 Å². The van der Waals surface area contributed by atoms with Crippen molar-refractivity contribution in [2.45, 2.75) is 19.9 Å². The number of amides is 1. The highest BCUT2D eigenvalue weighted by Gasteiger charge is 2.12. The summed E-state index contributed by atoms with van der Waals surface area (Å²) in [7, 11) is 1.61. The Morgan fingerprint density at radius 3 is 2.42 bits per heavy atom. The molecule has 1 aromatic carbocycles. The number of likely N-dealkylation sites (N-methyl/N-ethyl adjacent to an activating group) is 2. The van der Waals surface area contributed by atoms with E-state index in [9.17, 15) is 9.59 Å². The molecule has 1 amide bonds. The highest BCUT2D eigenvalue weighted by Crippen LogP contribution is 2.12. The van der Waals surface area contributed by atoms with Crippen LogP contribution in [0.5, 0.6) is 0 Å². The summed E-state index contributed by atoms with van der Waals surface area (Å²) in [5.41, 5.74) is 1.75. The molecule has 0 spiro atoms. The van der Waals surface area contributed by atoms with Crippen LogP contribution in [0.1, 0.15) is 18.1 Å². The normalized spacial score (nSPS) is 10.5. The zero-order chi connectivity index (χ0) is 14.3. The van der Waals surface area contributed by atoms with Crippen LogP contribution in [0.4, 0.5) is 0 Å². The molecule has 0 aliphatic heterocycles. The summed E-state index contributed by atoms with van der Waals surface area (Å²) in [5, 5.41) is 11.5. The van der Waals surface area contributed by atoms with E-state index in [1.165, 1.54) is 0 Å². The van der Waals surface area contributed by atoms with Crippen molar-refractivity contribution >= 4 is 11.9 Å². The molecule has 1 aromatic rings. The lowest BCUT2D eigenvalue weighted by molar-refractivity contribution is -0.136. The second kappa shape index (κ2) is 7.53. The average Bonchev–Trinajstić information content (AvgIpc) is 2.39. The van der Waals surface area contributed by atoms with Crippen LogP contribution in [0, 0.1) is 0 Å². The Morgan fingerprint density at radius 2 is 1.89 bits per heavy atom. The Balaban J connectivity index is 2.78. The monoisotopic (exact) mass is 264 g/mol. The molecule has 0 atom stereocenters. The summed E-state index contributed by atoms with van der Waals surface area (Å²) in [6, 6.07) is 7.44. The molecule has 0 saturated heterocycles. The van der Waals surface area contributed by atoms with Gasteiger partial charge in [0.2, 0.25) is 5.91 Å². The van der Waals surface area contributed by atoms with Crippen molar-refractivity contribution < 1.29 is 14.7 Å². The summed E-state index contributed by atoms with van der Waals surface area (Å²) >= 11 is 0. The second-order valence-electron chi connectivity index (χ2n) is 4.32. The first-order valence-electron chi connectivity index (χ1n) is 6.28. The van der Waals surface area contributed by atoms with E-state index in [1.807, 2.05) is 36.1 Å². The molecule has 0 aliphatic carbocycles. The fraction of sp³-hybridized carbons (Fsp3) is 0.429. The van der Waals surface area contributed by atoms with E-state index in [1.54, 1.807) is 7.05 Å². The van der Waals surface area contributed by atoms with Gasteiger partial charge in [-0.2, -0.15) is 0 Å². The first-order chi connectivity index (χ1) is 9.06. The lowest BCUT2D eigenvalue weighted by atomic mass is 10.0. The first kappa shape index (κ1) is 15.2. The van der Waals surface area contributed by atoms with Gasteiger partial charge in [0.25, 0.3) is 0 Å². The van der Waals surface area contributed by atoms with Gasteiger partial charge in [-0.05, 0) is 17.7 Å². The third kappa shape index (κ3) is 5.09. The third-order valence-corrected chi connectivity index (χ3v) is 2.95. The second-order valence-corrected chi connectivity index (χ2v) is 4.32. The Kier molecular flexibility index (Phi) is 6.02. The third-order valence-electron chi connectivity index (χ3n) is 2.95. The van der Waals surface area contributed by atoms with E-state index in [2.05, 4.69) is 5.32 Å². The summed E-state index contributed by atoms with van der Waals surface area (Å²) in [6.07, 6.45) is 0.00764. The van der Waals surface area contributed by atoms with Gasteiger partial charge in [-0.15, -0.1) is 0 Å². The van der Waals surface area contributed by atoms with Gasteiger partial charge in [0.15, 0.2) is 0 Å². The quantitative estimate of drug-likeness (QED) is 0.767. The van der Waals surface area contributed by atoms with E-state index in [4.69, 9.17) is 5.11 Å². The molecule has 0 aliphatic rings. The van der Waals surface area contributed by atoms with Crippen LogP contribution < -0.4 is 5.32 Å². The molecule has 19 heavy (non-hydrogen) atoms. The first-order valence-corrected chi connectivity index (χ1v) is 6.28. The molecule has 104 valence electrons. The minimum absolute atomic E-state index is 0.00764. The Hall–Kier alpha value is -1.88. The minimum atomic E-state index is -0.846. The zero-order valence-corrected chi connectivity index (χ0v) is 11.3. The molecule has 2 N–H and O–H groups in total. The van der Waals surface area contributed by atoms with Crippen molar-refractivity contribution in [3.63, 3.8) is 0 Å². The predicted molar refractivity (Wildman–Crippen MR) is 72.8 cm³/mol. The van der Waals surface area contributed by atoms with Crippen molar-refractivity contribution in [3.05, 3.63) is 35.4 Å². The molecule has 0 heterocycles. The van der Waals surface area contributed by atoms with Crippen LogP contribution in [-0.4, -0.2) is 42.0 Å². The number of benzene rings is 1. The summed E-state index contributed by atoms with van der Waals surface area (Å²) < 4.78 is 0. The Morgan fingerprint density at radius 1 is 1.26 bits per heavy atom. The van der Waals surface area contributed by atoms with Crippen molar-refractivity contribution in [1.82, 2.24) is 10.2 Å². The maximum atomic E-state index is 11.4. The molecule has 1 rings (SSSR count). The number of carboxylic acid groups (broad SMARTS) is 1. The number of aliphatic carboxylic acids is 1. The SMILES string of the molecule is CCN(CC(=O)NC)Cc1ccccc1CC(=O)O. The van der Waals surface area contributed by atoms with Crippen LogP contribution in [0.25, 0.3) is 0 Å². The molecule has 5 nitrogen and oxygen atoms in total. The number of carbonyl (C=O) groups is 2. The van der Waals surface area contributed by atoms with Crippen molar-refractivity contribution in [3.8, 4) is 0 Å². The van der Waals surface area contributed by atoms with Gasteiger partial charge in [-0.25, -0.2) is 0 Å². The number of carbonyl (C=O) groups excluding carboxylic acids is 1. The van der Waals surface area contributed by atoms with E-state index < -0.39 is 5.97 Å². The van der Waals surface area contributed by atoms with Gasteiger partial charge in [0.05, 0.1) is 13.0 Å². The summed E-state index contributed by atoms with van der Waals surface area (Å²) in [4.78, 5) is 24.2. The molecule has 5 heteroatoms. The number of carboxylic acids is 1. The van der Waals surface area contributed by atoms with Crippen LogP contribution in [0.3, 0.4) is 0 Å². The fourth-order valence-corrected chi connectivity index (χ4v) is 1.85. The molecule has 0 unspecified atom stereocenters. The highest BCUT2D eigenvalue weighted by molar-refractivity contribution is 5.77. The number of rotatable bonds is 7. The lowest BCUT2D eigenvalue weighted by Gasteiger charge is -2.20. The van der Waals surface area contributed by atoms with Gasteiger partial charge in [0.1, 0.15) is 0 Å². The van der Waals surface area contributed by atoms with Crippen molar-refractivity contribution in [2.75, 3.05) is 20.1 Å². The zero-order valence-electron chi connectivity index (χ0n) is 11.3. The van der Waals surface area contributed by atoms with E-state index in [0.717, 1.165) is 17.7 Å². The lowest BCUT2D eigenvalue weighted by Crippen LogP contribution is -2.35. The minimum Gasteiger partial charge on any atom is -0.481 e.